The van der Waals surface area contributed by atoms with Gasteiger partial charge in [-0.25, -0.2) is 4.98 Å². The Morgan fingerprint density at radius 2 is 1.96 bits per heavy atom. The van der Waals surface area contributed by atoms with E-state index in [0.717, 1.165) is 59.2 Å². The number of hydrogen-bond acceptors (Lipinski definition) is 4. The number of fused-ring (bicyclic) bond motifs is 1. The van der Waals surface area contributed by atoms with Crippen LogP contribution in [0.2, 0.25) is 0 Å². The third-order valence-corrected chi connectivity index (χ3v) is 5.45. The summed E-state index contributed by atoms with van der Waals surface area (Å²) in [6, 6.07) is 12.5. The highest BCUT2D eigenvalue weighted by molar-refractivity contribution is 5.95. The van der Waals surface area contributed by atoms with Gasteiger partial charge < -0.3 is 10.3 Å². The maximum Gasteiger partial charge on any atom is 0.137 e. The van der Waals surface area contributed by atoms with E-state index in [2.05, 4.69) is 43.4 Å². The molecule has 1 fully saturated rings. The van der Waals surface area contributed by atoms with Gasteiger partial charge in [0.15, 0.2) is 0 Å². The first-order valence-corrected chi connectivity index (χ1v) is 9.55. The molecule has 6 heteroatoms. The van der Waals surface area contributed by atoms with E-state index < -0.39 is 0 Å². The maximum atomic E-state index is 9.19. The summed E-state index contributed by atoms with van der Waals surface area (Å²) in [5, 5.41) is 18.2. The lowest BCUT2D eigenvalue weighted by molar-refractivity contribution is 0.343. The molecule has 1 aromatic carbocycles. The fourth-order valence-corrected chi connectivity index (χ4v) is 3.91. The number of aromatic nitrogens is 4. The third-order valence-electron chi connectivity index (χ3n) is 5.45. The van der Waals surface area contributed by atoms with Crippen molar-refractivity contribution in [3.05, 3.63) is 60.7 Å². The van der Waals surface area contributed by atoms with Gasteiger partial charge in [-0.05, 0) is 49.7 Å². The molecule has 6 nitrogen and oxygen atoms in total. The summed E-state index contributed by atoms with van der Waals surface area (Å²) in [6.45, 7) is 2.09. The maximum absolute atomic E-state index is 9.19. The van der Waals surface area contributed by atoms with Crippen molar-refractivity contribution in [2.75, 3.05) is 13.1 Å². The number of hydrogen-bond donors (Lipinski definition) is 2. The summed E-state index contributed by atoms with van der Waals surface area (Å²) in [6.07, 6.45) is 10.1. The Hall–Kier alpha value is -3.43. The van der Waals surface area contributed by atoms with E-state index in [1.54, 1.807) is 0 Å². The number of benzene rings is 1. The molecule has 0 bridgehead atoms. The van der Waals surface area contributed by atoms with Crippen molar-refractivity contribution in [2.24, 2.45) is 0 Å². The lowest BCUT2D eigenvalue weighted by Crippen LogP contribution is -2.29. The molecule has 0 amide bonds. The van der Waals surface area contributed by atoms with Gasteiger partial charge in [0, 0.05) is 40.7 Å². The molecule has 1 aliphatic rings. The summed E-state index contributed by atoms with van der Waals surface area (Å²) >= 11 is 0. The Bertz CT molecular complexity index is 1170. The van der Waals surface area contributed by atoms with Gasteiger partial charge in [0.25, 0.3) is 0 Å². The minimum atomic E-state index is 0.461. The van der Waals surface area contributed by atoms with Gasteiger partial charge in [0.05, 0.1) is 23.9 Å². The Kier molecular flexibility index (Phi) is 4.15. The molecule has 1 aliphatic heterocycles. The van der Waals surface area contributed by atoms with E-state index in [1.807, 2.05) is 42.9 Å². The first-order chi connectivity index (χ1) is 13.8. The Balaban J connectivity index is 1.53. The first-order valence-electron chi connectivity index (χ1n) is 9.55. The number of aromatic amines is 1. The smallest absolute Gasteiger partial charge is 0.137 e. The van der Waals surface area contributed by atoms with Crippen molar-refractivity contribution in [2.45, 2.75) is 18.9 Å². The SMILES string of the molecule is N#Cc1cccc(-c2c[nH]c3ncc(-c4cnn(C5CCNCC5)c4)cc23)c1. The van der Waals surface area contributed by atoms with Gasteiger partial charge in [-0.3, -0.25) is 4.68 Å². The number of pyridine rings is 1. The van der Waals surface area contributed by atoms with Crippen LogP contribution in [-0.4, -0.2) is 32.8 Å². The van der Waals surface area contributed by atoms with E-state index in [4.69, 9.17) is 0 Å². The Labute approximate surface area is 162 Å². The molecule has 1 saturated heterocycles. The van der Waals surface area contributed by atoms with Crippen molar-refractivity contribution in [3.8, 4) is 28.3 Å². The van der Waals surface area contributed by atoms with E-state index in [1.165, 1.54) is 0 Å². The monoisotopic (exact) mass is 368 g/mol. The van der Waals surface area contributed by atoms with Gasteiger partial charge >= 0.3 is 0 Å². The largest absolute Gasteiger partial charge is 0.346 e. The number of rotatable bonds is 3. The van der Waals surface area contributed by atoms with Crippen molar-refractivity contribution < 1.29 is 0 Å². The number of H-pyrrole nitrogens is 1. The Morgan fingerprint density at radius 1 is 1.07 bits per heavy atom. The zero-order chi connectivity index (χ0) is 18.9. The molecule has 3 aromatic heterocycles. The molecule has 0 atom stereocenters. The molecule has 0 aliphatic carbocycles. The highest BCUT2D eigenvalue weighted by Gasteiger charge is 2.16. The van der Waals surface area contributed by atoms with Crippen molar-refractivity contribution in [1.82, 2.24) is 25.1 Å². The second kappa shape index (κ2) is 6.95. The highest BCUT2D eigenvalue weighted by Crippen LogP contribution is 2.31. The van der Waals surface area contributed by atoms with Crippen molar-refractivity contribution >= 4 is 11.0 Å². The van der Waals surface area contributed by atoms with E-state index in [9.17, 15) is 5.26 Å². The number of piperidine rings is 1. The first kappa shape index (κ1) is 16.7. The quantitative estimate of drug-likeness (QED) is 0.575. The van der Waals surface area contributed by atoms with Crippen LogP contribution in [0.25, 0.3) is 33.3 Å². The van der Waals surface area contributed by atoms with Gasteiger partial charge in [-0.2, -0.15) is 10.4 Å². The van der Waals surface area contributed by atoms with Crippen molar-refractivity contribution in [3.63, 3.8) is 0 Å². The van der Waals surface area contributed by atoms with Crippen LogP contribution in [0, 0.1) is 11.3 Å². The average molecular weight is 368 g/mol. The second-order valence-corrected chi connectivity index (χ2v) is 7.21. The molecular weight excluding hydrogens is 348 g/mol. The van der Waals surface area contributed by atoms with Crippen LogP contribution in [0.4, 0.5) is 0 Å². The molecular formula is C22H20N6. The number of nitrogens with one attached hydrogen (secondary N) is 2. The van der Waals surface area contributed by atoms with Crippen molar-refractivity contribution in [1.29, 1.82) is 5.26 Å². The summed E-state index contributed by atoms with van der Waals surface area (Å²) in [4.78, 5) is 7.84. The average Bonchev–Trinajstić information content (AvgIpc) is 3.41. The topological polar surface area (TPSA) is 82.3 Å². The lowest BCUT2D eigenvalue weighted by Gasteiger charge is -2.22. The molecule has 138 valence electrons. The standard InChI is InChI=1S/C22H20N6/c23-10-15-2-1-3-16(8-15)21-13-26-22-20(21)9-17(11-25-22)18-12-27-28(14-18)19-4-6-24-7-5-19/h1-3,8-9,11-14,19,24H,4-7H2,(H,25,26). The normalized spacial score (nSPS) is 15.0. The van der Waals surface area contributed by atoms with Gasteiger partial charge in [-0.15, -0.1) is 0 Å². The molecule has 0 unspecified atom stereocenters. The van der Waals surface area contributed by atoms with Crippen LogP contribution in [0.3, 0.4) is 0 Å². The minimum Gasteiger partial charge on any atom is -0.346 e. The molecule has 0 spiro atoms. The van der Waals surface area contributed by atoms with E-state index in [-0.39, 0.29) is 0 Å². The number of nitrogens with zero attached hydrogens (tertiary/aromatic N) is 4. The van der Waals surface area contributed by atoms with Crippen LogP contribution < -0.4 is 5.32 Å². The fourth-order valence-electron chi connectivity index (χ4n) is 3.91. The zero-order valence-corrected chi connectivity index (χ0v) is 15.4. The summed E-state index contributed by atoms with van der Waals surface area (Å²) in [7, 11) is 0. The molecule has 0 saturated carbocycles. The predicted molar refractivity (Wildman–Crippen MR) is 109 cm³/mol. The molecule has 28 heavy (non-hydrogen) atoms. The van der Waals surface area contributed by atoms with Crippen LogP contribution in [0.5, 0.6) is 0 Å². The molecule has 4 aromatic rings. The second-order valence-electron chi connectivity index (χ2n) is 7.21. The zero-order valence-electron chi connectivity index (χ0n) is 15.4. The van der Waals surface area contributed by atoms with E-state index >= 15 is 0 Å². The summed E-state index contributed by atoms with van der Waals surface area (Å²) in [5.74, 6) is 0. The Morgan fingerprint density at radius 3 is 2.82 bits per heavy atom. The van der Waals surface area contributed by atoms with Gasteiger partial charge in [-0.1, -0.05) is 12.1 Å². The van der Waals surface area contributed by atoms with Crippen LogP contribution in [-0.2, 0) is 0 Å². The number of nitriles is 1. The fraction of sp³-hybridized carbons (Fsp3) is 0.227. The van der Waals surface area contributed by atoms with Crippen LogP contribution in [0.1, 0.15) is 24.4 Å². The van der Waals surface area contributed by atoms with Crippen LogP contribution in [0.15, 0.2) is 55.1 Å². The molecule has 4 heterocycles. The predicted octanol–water partition coefficient (Wildman–Crippen LogP) is 3.89. The van der Waals surface area contributed by atoms with Crippen LogP contribution >= 0.6 is 0 Å². The molecule has 2 N–H and O–H groups in total. The highest BCUT2D eigenvalue weighted by atomic mass is 15.3. The summed E-state index contributed by atoms with van der Waals surface area (Å²) < 4.78 is 2.09. The van der Waals surface area contributed by atoms with Gasteiger partial charge in [0.2, 0.25) is 0 Å². The lowest BCUT2D eigenvalue weighted by atomic mass is 10.0. The molecule has 0 radical (unpaired) electrons. The summed E-state index contributed by atoms with van der Waals surface area (Å²) in [5.41, 5.74) is 5.67. The van der Waals surface area contributed by atoms with E-state index in [0.29, 0.717) is 11.6 Å². The third kappa shape index (κ3) is 2.96. The molecule has 5 rings (SSSR count). The van der Waals surface area contributed by atoms with Gasteiger partial charge in [0.1, 0.15) is 5.65 Å². The minimum absolute atomic E-state index is 0.461.